The lowest BCUT2D eigenvalue weighted by molar-refractivity contribution is 0.306. The molecule has 0 radical (unpaired) electrons. The third-order valence-corrected chi connectivity index (χ3v) is 3.92. The fourth-order valence-corrected chi connectivity index (χ4v) is 2.82. The topological polar surface area (TPSA) is 67.1 Å². The molecule has 3 rings (SSSR count). The van der Waals surface area contributed by atoms with Crippen LogP contribution in [0.5, 0.6) is 23.0 Å². The summed E-state index contributed by atoms with van der Waals surface area (Å²) in [7, 11) is 5.95. The van der Waals surface area contributed by atoms with Crippen LogP contribution >= 0.6 is 0 Å². The van der Waals surface area contributed by atoms with E-state index in [4.69, 9.17) is 23.4 Å². The molecule has 0 amide bonds. The number of benzene rings is 2. The Morgan fingerprint density at radius 2 is 1.32 bits per heavy atom. The SMILES string of the molecule is COc1c(OC)c(OC)c2oc(=O)c(-c3ccccc3)cc2c1OC. The molecule has 6 nitrogen and oxygen atoms in total. The largest absolute Gasteiger partial charge is 0.492 e. The highest BCUT2D eigenvalue weighted by Crippen LogP contribution is 2.50. The Morgan fingerprint density at radius 3 is 1.88 bits per heavy atom. The van der Waals surface area contributed by atoms with Gasteiger partial charge in [0.1, 0.15) is 0 Å². The zero-order chi connectivity index (χ0) is 18.0. The predicted octanol–water partition coefficient (Wildman–Crippen LogP) is 3.49. The normalized spacial score (nSPS) is 10.6. The molecule has 0 unspecified atom stereocenters. The van der Waals surface area contributed by atoms with Crippen molar-refractivity contribution >= 4 is 11.0 Å². The number of ether oxygens (including phenoxy) is 4. The standard InChI is InChI=1S/C19H18O6/c1-21-14-13-10-12(11-8-6-5-7-9-11)19(20)25-15(13)17(23-3)18(24-4)16(14)22-2/h5-10H,1-4H3. The molecule has 0 aliphatic heterocycles. The third kappa shape index (κ3) is 2.65. The van der Waals surface area contributed by atoms with Crippen LogP contribution in [0.2, 0.25) is 0 Å². The number of fused-ring (bicyclic) bond motifs is 1. The van der Waals surface area contributed by atoms with E-state index in [1.54, 1.807) is 6.07 Å². The van der Waals surface area contributed by atoms with E-state index in [0.29, 0.717) is 28.2 Å². The Morgan fingerprint density at radius 1 is 0.760 bits per heavy atom. The molecule has 130 valence electrons. The molecule has 0 aliphatic rings. The molecule has 2 aromatic carbocycles. The summed E-state index contributed by atoms with van der Waals surface area (Å²) in [4.78, 5) is 12.5. The van der Waals surface area contributed by atoms with E-state index in [-0.39, 0.29) is 11.3 Å². The molecule has 0 fully saturated rings. The van der Waals surface area contributed by atoms with Crippen molar-refractivity contribution in [3.63, 3.8) is 0 Å². The van der Waals surface area contributed by atoms with Gasteiger partial charge in [-0.3, -0.25) is 0 Å². The van der Waals surface area contributed by atoms with Crippen LogP contribution in [-0.2, 0) is 0 Å². The van der Waals surface area contributed by atoms with Gasteiger partial charge in [0, 0.05) is 0 Å². The van der Waals surface area contributed by atoms with Gasteiger partial charge in [0.25, 0.3) is 0 Å². The molecule has 0 N–H and O–H groups in total. The number of methoxy groups -OCH3 is 4. The first-order chi connectivity index (χ1) is 12.2. The van der Waals surface area contributed by atoms with Crippen LogP contribution in [0.1, 0.15) is 0 Å². The smallest absolute Gasteiger partial charge is 0.344 e. The van der Waals surface area contributed by atoms with Crippen molar-refractivity contribution in [2.24, 2.45) is 0 Å². The molecular formula is C19H18O6. The molecule has 3 aromatic rings. The van der Waals surface area contributed by atoms with Gasteiger partial charge in [-0.1, -0.05) is 30.3 Å². The van der Waals surface area contributed by atoms with Crippen LogP contribution in [0, 0.1) is 0 Å². The minimum Gasteiger partial charge on any atom is -0.492 e. The van der Waals surface area contributed by atoms with Crippen LogP contribution < -0.4 is 24.6 Å². The van der Waals surface area contributed by atoms with Crippen molar-refractivity contribution in [3.05, 3.63) is 46.8 Å². The van der Waals surface area contributed by atoms with E-state index in [0.717, 1.165) is 5.56 Å². The average molecular weight is 342 g/mol. The van der Waals surface area contributed by atoms with Crippen molar-refractivity contribution in [3.8, 4) is 34.1 Å². The van der Waals surface area contributed by atoms with Crippen molar-refractivity contribution in [2.75, 3.05) is 28.4 Å². The zero-order valence-corrected chi connectivity index (χ0v) is 14.4. The van der Waals surface area contributed by atoms with Crippen molar-refractivity contribution in [1.82, 2.24) is 0 Å². The summed E-state index contributed by atoms with van der Waals surface area (Å²) in [6.07, 6.45) is 0. The van der Waals surface area contributed by atoms with Crippen LogP contribution in [0.4, 0.5) is 0 Å². The lowest BCUT2D eigenvalue weighted by atomic mass is 10.0. The van der Waals surface area contributed by atoms with Crippen LogP contribution in [0.15, 0.2) is 45.6 Å². The van der Waals surface area contributed by atoms with Gasteiger partial charge in [-0.2, -0.15) is 0 Å². The molecule has 0 aliphatic carbocycles. The highest BCUT2D eigenvalue weighted by Gasteiger charge is 2.26. The summed E-state index contributed by atoms with van der Waals surface area (Å²) in [5.74, 6) is 1.33. The summed E-state index contributed by atoms with van der Waals surface area (Å²) in [5.41, 5.74) is 0.919. The molecule has 25 heavy (non-hydrogen) atoms. The second-order valence-corrected chi connectivity index (χ2v) is 5.19. The number of hydrogen-bond donors (Lipinski definition) is 0. The monoisotopic (exact) mass is 342 g/mol. The Balaban J connectivity index is 2.45. The van der Waals surface area contributed by atoms with Gasteiger partial charge in [0.15, 0.2) is 11.3 Å². The first kappa shape index (κ1) is 16.7. The Hall–Kier alpha value is -3.15. The van der Waals surface area contributed by atoms with Gasteiger partial charge in [0.05, 0.1) is 39.4 Å². The second kappa shape index (κ2) is 6.76. The van der Waals surface area contributed by atoms with Gasteiger partial charge in [-0.15, -0.1) is 0 Å². The average Bonchev–Trinajstić information content (AvgIpc) is 2.66. The summed E-state index contributed by atoms with van der Waals surface area (Å²) in [5, 5.41) is 0.551. The molecule has 0 saturated carbocycles. The maximum Gasteiger partial charge on any atom is 0.344 e. The van der Waals surface area contributed by atoms with E-state index in [9.17, 15) is 4.79 Å². The Kier molecular flexibility index (Phi) is 4.52. The van der Waals surface area contributed by atoms with Gasteiger partial charge >= 0.3 is 5.63 Å². The molecule has 6 heteroatoms. The number of hydrogen-bond acceptors (Lipinski definition) is 6. The zero-order valence-electron chi connectivity index (χ0n) is 14.4. The summed E-state index contributed by atoms with van der Waals surface area (Å²) in [6.45, 7) is 0. The van der Waals surface area contributed by atoms with Crippen molar-refractivity contribution < 1.29 is 23.4 Å². The fourth-order valence-electron chi connectivity index (χ4n) is 2.82. The molecule has 1 heterocycles. The maximum absolute atomic E-state index is 12.5. The van der Waals surface area contributed by atoms with Crippen LogP contribution in [0.25, 0.3) is 22.1 Å². The third-order valence-electron chi connectivity index (χ3n) is 3.92. The van der Waals surface area contributed by atoms with Gasteiger partial charge in [0.2, 0.25) is 17.2 Å². The maximum atomic E-state index is 12.5. The van der Waals surface area contributed by atoms with Crippen molar-refractivity contribution in [2.45, 2.75) is 0 Å². The quantitative estimate of drug-likeness (QED) is 0.661. The van der Waals surface area contributed by atoms with E-state index in [1.165, 1.54) is 28.4 Å². The summed E-state index contributed by atoms with van der Waals surface area (Å²) >= 11 is 0. The highest BCUT2D eigenvalue weighted by atomic mass is 16.5. The molecule has 0 spiro atoms. The molecule has 0 saturated heterocycles. The second-order valence-electron chi connectivity index (χ2n) is 5.19. The van der Waals surface area contributed by atoms with Gasteiger partial charge in [-0.05, 0) is 11.6 Å². The summed E-state index contributed by atoms with van der Waals surface area (Å²) in [6, 6.07) is 11.0. The van der Waals surface area contributed by atoms with E-state index >= 15 is 0 Å². The van der Waals surface area contributed by atoms with Crippen LogP contribution in [0.3, 0.4) is 0 Å². The van der Waals surface area contributed by atoms with Gasteiger partial charge < -0.3 is 23.4 Å². The predicted molar refractivity (Wildman–Crippen MR) is 94.1 cm³/mol. The number of rotatable bonds is 5. The fraction of sp³-hybridized carbons (Fsp3) is 0.211. The van der Waals surface area contributed by atoms with E-state index < -0.39 is 5.63 Å². The van der Waals surface area contributed by atoms with Crippen molar-refractivity contribution in [1.29, 1.82) is 0 Å². The van der Waals surface area contributed by atoms with Gasteiger partial charge in [-0.25, -0.2) is 4.79 Å². The lowest BCUT2D eigenvalue weighted by Crippen LogP contribution is -2.06. The minimum absolute atomic E-state index is 0.238. The van der Waals surface area contributed by atoms with E-state index in [1.807, 2.05) is 30.3 Å². The lowest BCUT2D eigenvalue weighted by Gasteiger charge is -2.17. The van der Waals surface area contributed by atoms with Crippen LogP contribution in [-0.4, -0.2) is 28.4 Å². The molecule has 1 aromatic heterocycles. The summed E-state index contributed by atoms with van der Waals surface area (Å²) < 4.78 is 27.3. The molecular weight excluding hydrogens is 324 g/mol. The Labute approximate surface area is 144 Å². The van der Waals surface area contributed by atoms with E-state index in [2.05, 4.69) is 0 Å². The Bertz CT molecular complexity index is 959. The molecule has 0 bridgehead atoms. The first-order valence-corrected chi connectivity index (χ1v) is 7.55. The minimum atomic E-state index is -0.480. The first-order valence-electron chi connectivity index (χ1n) is 7.55. The highest BCUT2D eigenvalue weighted by molar-refractivity contribution is 5.96. The molecule has 0 atom stereocenters.